The van der Waals surface area contributed by atoms with Crippen LogP contribution in [-0.2, 0) is 6.54 Å². The van der Waals surface area contributed by atoms with E-state index in [0.29, 0.717) is 17.4 Å². The van der Waals surface area contributed by atoms with Crippen molar-refractivity contribution in [3.63, 3.8) is 0 Å². The molecule has 3 N–H and O–H groups in total. The summed E-state index contributed by atoms with van der Waals surface area (Å²) in [5.41, 5.74) is 0.126. The van der Waals surface area contributed by atoms with E-state index in [1.165, 1.54) is 0 Å². The molecule has 0 unspecified atom stereocenters. The van der Waals surface area contributed by atoms with Crippen LogP contribution in [-0.4, -0.2) is 30.9 Å². The molecule has 0 aromatic carbocycles. The maximum Gasteiger partial charge on any atom is 0.340 e. The Hall–Kier alpha value is -2.38. The van der Waals surface area contributed by atoms with Crippen molar-refractivity contribution in [2.24, 2.45) is 0 Å². The monoisotopic (exact) mass is 248 g/mol. The Bertz CT molecular complexity index is 620. The Morgan fingerprint density at radius 2 is 2.39 bits per heavy atom. The van der Waals surface area contributed by atoms with E-state index >= 15 is 0 Å². The topological polar surface area (TPSA) is 108 Å². The molecule has 1 fully saturated rings. The minimum atomic E-state index is -0.388. The minimum Gasteiger partial charge on any atom is -0.345 e. The minimum absolute atomic E-state index is 0.173. The zero-order chi connectivity index (χ0) is 12.5. The molecular weight excluding hydrogens is 236 g/mol. The highest BCUT2D eigenvalue weighted by Crippen LogP contribution is 2.33. The van der Waals surface area contributed by atoms with Crippen LogP contribution in [0.3, 0.4) is 0 Å². The van der Waals surface area contributed by atoms with Gasteiger partial charge in [0.2, 0.25) is 0 Å². The highest BCUT2D eigenvalue weighted by molar-refractivity contribution is 5.93. The Balaban J connectivity index is 1.61. The summed E-state index contributed by atoms with van der Waals surface area (Å²) in [4.78, 5) is 25.0. The van der Waals surface area contributed by atoms with Crippen LogP contribution in [0.5, 0.6) is 0 Å². The number of hydrogen-bond acceptors (Lipinski definition) is 4. The zero-order valence-corrected chi connectivity index (χ0v) is 9.51. The highest BCUT2D eigenvalue weighted by Gasteiger charge is 2.24. The van der Waals surface area contributed by atoms with E-state index in [1.807, 2.05) is 4.68 Å². The van der Waals surface area contributed by atoms with Crippen LogP contribution >= 0.6 is 0 Å². The molecule has 1 aliphatic rings. The molecule has 0 radical (unpaired) electrons. The van der Waals surface area contributed by atoms with E-state index < -0.39 is 0 Å². The third kappa shape index (κ3) is 2.17. The lowest BCUT2D eigenvalue weighted by molar-refractivity contribution is 0.0950. The molecule has 8 nitrogen and oxygen atoms in total. The molecule has 2 aromatic rings. The lowest BCUT2D eigenvalue weighted by atomic mass is 10.3. The maximum absolute atomic E-state index is 11.8. The van der Waals surface area contributed by atoms with Crippen molar-refractivity contribution in [3.05, 3.63) is 34.3 Å². The number of nitrogens with zero attached hydrogens (tertiary/aromatic N) is 3. The summed E-state index contributed by atoms with van der Waals surface area (Å²) >= 11 is 0. The fourth-order valence-electron chi connectivity index (χ4n) is 1.65. The Labute approximate surface area is 101 Å². The van der Waals surface area contributed by atoms with Gasteiger partial charge in [0.1, 0.15) is 5.82 Å². The van der Waals surface area contributed by atoms with Crippen LogP contribution in [0, 0.1) is 0 Å². The summed E-state index contributed by atoms with van der Waals surface area (Å²) in [5, 5.41) is 12.7. The molecule has 0 saturated heterocycles. The average molecular weight is 248 g/mol. The molecule has 94 valence electrons. The first kappa shape index (κ1) is 10.8. The van der Waals surface area contributed by atoms with E-state index in [0.717, 1.165) is 12.8 Å². The van der Waals surface area contributed by atoms with Gasteiger partial charge < -0.3 is 5.32 Å². The molecule has 2 heterocycles. The SMILES string of the molecule is O=C(NCc1n[nH]c(=O)[nH]1)c1cnn(C2CC2)c1. The van der Waals surface area contributed by atoms with Gasteiger partial charge in [-0.1, -0.05) is 0 Å². The number of hydrogen-bond donors (Lipinski definition) is 3. The van der Waals surface area contributed by atoms with Crippen LogP contribution in [0.4, 0.5) is 0 Å². The first-order chi connectivity index (χ1) is 8.72. The van der Waals surface area contributed by atoms with Gasteiger partial charge >= 0.3 is 5.69 Å². The van der Waals surface area contributed by atoms with Gasteiger partial charge in [0.25, 0.3) is 5.91 Å². The molecule has 1 amide bonds. The molecule has 0 bridgehead atoms. The molecule has 2 aromatic heterocycles. The summed E-state index contributed by atoms with van der Waals surface area (Å²) in [6.45, 7) is 0.173. The smallest absolute Gasteiger partial charge is 0.340 e. The van der Waals surface area contributed by atoms with Gasteiger partial charge in [-0.25, -0.2) is 9.89 Å². The molecule has 1 aliphatic carbocycles. The summed E-state index contributed by atoms with van der Waals surface area (Å²) < 4.78 is 1.81. The summed E-state index contributed by atoms with van der Waals surface area (Å²) in [6.07, 6.45) is 5.52. The average Bonchev–Trinajstić information content (AvgIpc) is 2.94. The molecule has 18 heavy (non-hydrogen) atoms. The molecule has 3 rings (SSSR count). The van der Waals surface area contributed by atoms with E-state index in [9.17, 15) is 9.59 Å². The third-order valence-electron chi connectivity index (χ3n) is 2.75. The number of nitrogens with one attached hydrogen (secondary N) is 3. The molecule has 0 aliphatic heterocycles. The van der Waals surface area contributed by atoms with Crippen LogP contribution in [0.2, 0.25) is 0 Å². The van der Waals surface area contributed by atoms with Gasteiger partial charge in [0.05, 0.1) is 24.3 Å². The van der Waals surface area contributed by atoms with Crippen molar-refractivity contribution in [1.82, 2.24) is 30.3 Å². The Morgan fingerprint density at radius 3 is 3.06 bits per heavy atom. The van der Waals surface area contributed by atoms with Gasteiger partial charge in [-0.05, 0) is 12.8 Å². The quantitative estimate of drug-likeness (QED) is 0.681. The molecular formula is C10H12N6O2. The van der Waals surface area contributed by atoms with Crippen molar-refractivity contribution >= 4 is 5.91 Å². The van der Waals surface area contributed by atoms with Gasteiger partial charge in [0.15, 0.2) is 0 Å². The predicted octanol–water partition coefficient (Wildman–Crippen LogP) is -0.441. The first-order valence-corrected chi connectivity index (χ1v) is 5.68. The Kier molecular flexibility index (Phi) is 2.47. The fraction of sp³-hybridized carbons (Fsp3) is 0.400. The van der Waals surface area contributed by atoms with E-state index in [2.05, 4.69) is 25.6 Å². The van der Waals surface area contributed by atoms with Crippen molar-refractivity contribution in [3.8, 4) is 0 Å². The van der Waals surface area contributed by atoms with Gasteiger partial charge in [-0.3, -0.25) is 14.5 Å². The largest absolute Gasteiger partial charge is 0.345 e. The van der Waals surface area contributed by atoms with Crippen LogP contribution in [0.25, 0.3) is 0 Å². The number of H-pyrrole nitrogens is 2. The molecule has 8 heteroatoms. The van der Waals surface area contributed by atoms with E-state index in [1.54, 1.807) is 12.4 Å². The zero-order valence-electron chi connectivity index (χ0n) is 9.51. The molecule has 0 spiro atoms. The third-order valence-corrected chi connectivity index (χ3v) is 2.75. The van der Waals surface area contributed by atoms with Crippen molar-refractivity contribution in [2.45, 2.75) is 25.4 Å². The van der Waals surface area contributed by atoms with Crippen LogP contribution in [0.15, 0.2) is 17.2 Å². The number of carbonyl (C=O) groups excluding carboxylic acids is 1. The predicted molar refractivity (Wildman–Crippen MR) is 60.9 cm³/mol. The molecule has 1 saturated carbocycles. The molecule has 0 atom stereocenters. The standard InChI is InChI=1S/C10H12N6O2/c17-9(11-4-8-13-10(18)15-14-8)6-3-12-16(5-6)7-1-2-7/h3,5,7H,1-2,4H2,(H,11,17)(H2,13,14,15,18). The highest BCUT2D eigenvalue weighted by atomic mass is 16.2. The van der Waals surface area contributed by atoms with E-state index in [-0.39, 0.29) is 18.1 Å². The van der Waals surface area contributed by atoms with Gasteiger partial charge in [-0.15, -0.1) is 0 Å². The maximum atomic E-state index is 11.8. The second kappa shape index (κ2) is 4.13. The van der Waals surface area contributed by atoms with E-state index in [4.69, 9.17) is 0 Å². The summed E-state index contributed by atoms with van der Waals surface area (Å²) in [6, 6.07) is 0.453. The lowest BCUT2D eigenvalue weighted by Gasteiger charge is -1.99. The second-order valence-electron chi connectivity index (χ2n) is 4.25. The Morgan fingerprint density at radius 1 is 1.56 bits per heavy atom. The van der Waals surface area contributed by atoms with Gasteiger partial charge in [-0.2, -0.15) is 10.2 Å². The number of aromatic nitrogens is 5. The normalized spacial score (nSPS) is 14.7. The van der Waals surface area contributed by atoms with Crippen molar-refractivity contribution in [2.75, 3.05) is 0 Å². The number of aromatic amines is 2. The first-order valence-electron chi connectivity index (χ1n) is 5.68. The van der Waals surface area contributed by atoms with Crippen molar-refractivity contribution in [1.29, 1.82) is 0 Å². The summed E-state index contributed by atoms with van der Waals surface area (Å²) in [5.74, 6) is 0.161. The number of rotatable bonds is 4. The number of carbonyl (C=O) groups is 1. The fourth-order valence-corrected chi connectivity index (χ4v) is 1.65. The second-order valence-corrected chi connectivity index (χ2v) is 4.25. The van der Waals surface area contributed by atoms with Crippen LogP contribution < -0.4 is 11.0 Å². The van der Waals surface area contributed by atoms with Crippen molar-refractivity contribution < 1.29 is 4.79 Å². The summed E-state index contributed by atoms with van der Waals surface area (Å²) in [7, 11) is 0. The number of amides is 1. The van der Waals surface area contributed by atoms with Gasteiger partial charge in [0, 0.05) is 6.20 Å². The lowest BCUT2D eigenvalue weighted by Crippen LogP contribution is -2.23. The van der Waals surface area contributed by atoms with Crippen LogP contribution in [0.1, 0.15) is 35.1 Å².